The van der Waals surface area contributed by atoms with Crippen molar-refractivity contribution < 1.29 is 64.6 Å². The lowest BCUT2D eigenvalue weighted by molar-refractivity contribution is -0.359. The number of hydrogen-bond acceptors (Lipinski definition) is 13. The van der Waals surface area contributed by atoms with Crippen LogP contribution in [0.2, 0.25) is 0 Å². The minimum Gasteiger partial charge on any atom is -0.394 e. The van der Waals surface area contributed by atoms with Gasteiger partial charge in [0.25, 0.3) is 0 Å². The van der Waals surface area contributed by atoms with Crippen molar-refractivity contribution in [3.05, 3.63) is 12.2 Å². The average Bonchev–Trinajstić information content (AvgIpc) is 3.55. The third-order valence-electron chi connectivity index (χ3n) is 16.7. The smallest absolute Gasteiger partial charge is 0.220 e. The molecule has 1 amide bonds. The number of amides is 1. The Hall–Kier alpha value is -1.27. The highest BCUT2D eigenvalue weighted by molar-refractivity contribution is 5.76. The van der Waals surface area contributed by atoms with Crippen molar-refractivity contribution in [1.29, 1.82) is 0 Å². The van der Waals surface area contributed by atoms with Gasteiger partial charge in [-0.2, -0.15) is 0 Å². The summed E-state index contributed by atoms with van der Waals surface area (Å²) in [6.07, 6.45) is 43.8. The molecular weight excluding hydrogens is 1000 g/mol. The van der Waals surface area contributed by atoms with Crippen LogP contribution in [0.5, 0.6) is 0 Å². The normalized spacial score (nSPS) is 24.4. The molecule has 79 heavy (non-hydrogen) atoms. The number of nitrogens with one attached hydrogen (secondary N) is 1. The Morgan fingerprint density at radius 3 is 1.20 bits per heavy atom. The minimum atomic E-state index is -1.78. The van der Waals surface area contributed by atoms with E-state index in [4.69, 9.17) is 18.9 Å². The predicted molar refractivity (Wildman–Crippen MR) is 319 cm³/mol. The summed E-state index contributed by atoms with van der Waals surface area (Å²) in [6, 6.07) is -0.824. The van der Waals surface area contributed by atoms with Crippen molar-refractivity contribution in [1.82, 2.24) is 5.32 Å². The SMILES string of the molecule is CCCCCCCCCC/C=C\CCCCCCCCCCCCCCCCCCCCCC(=O)NC(COC1OC(CO)C(OC2OC(CO)C(O)C(O)C2O)C(O)C1O)C(O)CCCCCCCCCCCCCCCC. The van der Waals surface area contributed by atoms with Crippen molar-refractivity contribution in [2.24, 2.45) is 0 Å². The van der Waals surface area contributed by atoms with Crippen LogP contribution in [0.25, 0.3) is 0 Å². The van der Waals surface area contributed by atoms with Gasteiger partial charge in [-0.05, 0) is 38.5 Å². The Kier molecular flexibility index (Phi) is 47.8. The predicted octanol–water partition coefficient (Wildman–Crippen LogP) is 12.6. The highest BCUT2D eigenvalue weighted by Gasteiger charge is 2.51. The third-order valence-corrected chi connectivity index (χ3v) is 16.7. The van der Waals surface area contributed by atoms with E-state index in [9.17, 15) is 45.6 Å². The lowest BCUT2D eigenvalue weighted by atomic mass is 9.97. The van der Waals surface area contributed by atoms with Gasteiger partial charge in [0, 0.05) is 6.42 Å². The number of hydrogen-bond donors (Lipinski definition) is 9. The van der Waals surface area contributed by atoms with E-state index in [1.165, 1.54) is 225 Å². The van der Waals surface area contributed by atoms with Gasteiger partial charge in [0.1, 0.15) is 48.8 Å². The number of aliphatic hydroxyl groups is 8. The van der Waals surface area contributed by atoms with Gasteiger partial charge in [-0.15, -0.1) is 0 Å². The molecule has 0 radical (unpaired) electrons. The second kappa shape index (κ2) is 51.2. The molecule has 0 aromatic rings. The standard InChI is InChI=1S/C65H125NO13/c1-3-5-7-9-11-13-15-17-19-20-21-22-23-24-25-26-27-28-29-30-31-32-33-34-35-37-39-41-43-45-47-49-57(70)66-53(54(69)48-46-44-42-40-38-36-18-16-14-12-10-8-6-4-2)52-76-64-62(75)60(73)63(56(51-68)78-64)79-65-61(74)59(72)58(71)55(50-67)77-65/h20-21,53-56,58-65,67-69,71-75H,3-19,22-52H2,1-2H3,(H,66,70)/b21-20-. The largest absolute Gasteiger partial charge is 0.394 e. The van der Waals surface area contributed by atoms with Crippen LogP contribution in [0.15, 0.2) is 12.2 Å². The molecule has 0 saturated carbocycles. The molecule has 0 aliphatic carbocycles. The number of rotatable bonds is 55. The zero-order chi connectivity index (χ0) is 57.4. The molecule has 9 N–H and O–H groups in total. The molecule has 0 aromatic carbocycles. The van der Waals surface area contributed by atoms with E-state index >= 15 is 0 Å². The lowest BCUT2D eigenvalue weighted by Crippen LogP contribution is -2.65. The summed E-state index contributed by atoms with van der Waals surface area (Å²) in [5, 5.41) is 87.3. The van der Waals surface area contributed by atoms with Gasteiger partial charge < -0.3 is 65.1 Å². The average molecular weight is 1130 g/mol. The van der Waals surface area contributed by atoms with Gasteiger partial charge in [0.2, 0.25) is 5.91 Å². The van der Waals surface area contributed by atoms with E-state index in [-0.39, 0.29) is 12.5 Å². The number of carbonyl (C=O) groups excluding carboxylic acids is 1. The van der Waals surface area contributed by atoms with Crippen LogP contribution in [0.3, 0.4) is 0 Å². The fraction of sp³-hybridized carbons (Fsp3) is 0.954. The maximum Gasteiger partial charge on any atom is 0.220 e. The lowest BCUT2D eigenvalue weighted by Gasteiger charge is -2.46. The third kappa shape index (κ3) is 36.2. The molecule has 12 unspecified atom stereocenters. The Labute approximate surface area is 482 Å². The van der Waals surface area contributed by atoms with Crippen molar-refractivity contribution in [2.75, 3.05) is 19.8 Å². The minimum absolute atomic E-state index is 0.201. The second-order valence-corrected chi connectivity index (χ2v) is 24.0. The van der Waals surface area contributed by atoms with E-state index in [1.807, 2.05) is 0 Å². The van der Waals surface area contributed by atoms with E-state index < -0.39 is 86.8 Å². The van der Waals surface area contributed by atoms with E-state index in [0.717, 1.165) is 51.4 Å². The van der Waals surface area contributed by atoms with Gasteiger partial charge in [0.15, 0.2) is 12.6 Å². The highest BCUT2D eigenvalue weighted by Crippen LogP contribution is 2.30. The zero-order valence-corrected chi connectivity index (χ0v) is 50.6. The van der Waals surface area contributed by atoms with Crippen LogP contribution in [0.4, 0.5) is 0 Å². The van der Waals surface area contributed by atoms with Crippen molar-refractivity contribution in [3.63, 3.8) is 0 Å². The number of aliphatic hydroxyl groups excluding tert-OH is 8. The van der Waals surface area contributed by atoms with Gasteiger partial charge in [-0.25, -0.2) is 0 Å². The Balaban J connectivity index is 1.62. The molecule has 14 nitrogen and oxygen atoms in total. The monoisotopic (exact) mass is 1130 g/mol. The summed E-state index contributed by atoms with van der Waals surface area (Å²) in [5.74, 6) is -0.201. The first-order valence-corrected chi connectivity index (χ1v) is 33.4. The van der Waals surface area contributed by atoms with Crippen molar-refractivity contribution in [3.8, 4) is 0 Å². The quantitative estimate of drug-likeness (QED) is 0.0204. The Bertz CT molecular complexity index is 1380. The fourth-order valence-electron chi connectivity index (χ4n) is 11.4. The first-order chi connectivity index (χ1) is 38.6. The number of unbranched alkanes of at least 4 members (excludes halogenated alkanes) is 40. The van der Waals surface area contributed by atoms with E-state index in [1.54, 1.807) is 0 Å². The maximum atomic E-state index is 13.3. The van der Waals surface area contributed by atoms with Crippen LogP contribution in [0.1, 0.15) is 303 Å². The Morgan fingerprint density at radius 2 is 0.797 bits per heavy atom. The molecule has 0 bridgehead atoms. The molecule has 2 heterocycles. The summed E-state index contributed by atoms with van der Waals surface area (Å²) in [4.78, 5) is 13.3. The maximum absolute atomic E-state index is 13.3. The molecule has 2 aliphatic rings. The number of ether oxygens (including phenoxy) is 4. The topological polar surface area (TPSA) is 228 Å². The first kappa shape index (κ1) is 73.8. The second-order valence-electron chi connectivity index (χ2n) is 24.0. The molecule has 0 aromatic heterocycles. The van der Waals surface area contributed by atoms with Crippen LogP contribution in [0, 0.1) is 0 Å². The van der Waals surface area contributed by atoms with Gasteiger partial charge in [-0.3, -0.25) is 4.79 Å². The van der Waals surface area contributed by atoms with Gasteiger partial charge in [0.05, 0.1) is 32.0 Å². The number of carbonyl (C=O) groups is 1. The Morgan fingerprint density at radius 1 is 0.443 bits per heavy atom. The van der Waals surface area contributed by atoms with Crippen LogP contribution in [-0.4, -0.2) is 140 Å². The zero-order valence-electron chi connectivity index (χ0n) is 50.6. The first-order valence-electron chi connectivity index (χ1n) is 33.4. The van der Waals surface area contributed by atoms with Crippen molar-refractivity contribution in [2.45, 2.75) is 376 Å². The summed E-state index contributed by atoms with van der Waals surface area (Å²) in [6.45, 7) is 2.89. The van der Waals surface area contributed by atoms with Gasteiger partial charge in [-0.1, -0.05) is 270 Å². The molecule has 2 aliphatic heterocycles. The summed E-state index contributed by atoms with van der Waals surface area (Å²) in [7, 11) is 0. The summed E-state index contributed by atoms with van der Waals surface area (Å²) < 4.78 is 22.9. The molecule has 0 spiro atoms. The molecule has 2 saturated heterocycles. The highest BCUT2D eigenvalue weighted by atomic mass is 16.7. The summed E-state index contributed by atoms with van der Waals surface area (Å²) in [5.41, 5.74) is 0. The molecule has 2 fully saturated rings. The van der Waals surface area contributed by atoms with Crippen LogP contribution < -0.4 is 5.32 Å². The molecule has 468 valence electrons. The van der Waals surface area contributed by atoms with Gasteiger partial charge >= 0.3 is 0 Å². The van der Waals surface area contributed by atoms with E-state index in [2.05, 4.69) is 31.3 Å². The number of allylic oxidation sites excluding steroid dienone is 2. The molecule has 12 atom stereocenters. The van der Waals surface area contributed by atoms with E-state index in [0.29, 0.717) is 12.8 Å². The fourth-order valence-corrected chi connectivity index (χ4v) is 11.4. The molecular formula is C65H125NO13. The van der Waals surface area contributed by atoms with Crippen LogP contribution >= 0.6 is 0 Å². The van der Waals surface area contributed by atoms with Crippen molar-refractivity contribution >= 4 is 5.91 Å². The molecule has 14 heteroatoms. The van der Waals surface area contributed by atoms with Crippen LogP contribution in [-0.2, 0) is 23.7 Å². The molecule has 2 rings (SSSR count). The summed E-state index contributed by atoms with van der Waals surface area (Å²) >= 11 is 0.